The highest BCUT2D eigenvalue weighted by atomic mass is 16.4. The maximum absolute atomic E-state index is 13.0. The van der Waals surface area contributed by atoms with E-state index in [1.54, 1.807) is 29.2 Å². The molecule has 3 aromatic rings. The molecule has 29 heavy (non-hydrogen) atoms. The smallest absolute Gasteiger partial charge is 0.408 e. The predicted octanol–water partition coefficient (Wildman–Crippen LogP) is 1.64. The van der Waals surface area contributed by atoms with Gasteiger partial charge in [0.15, 0.2) is 5.58 Å². The van der Waals surface area contributed by atoms with Crippen molar-refractivity contribution in [3.8, 4) is 0 Å². The van der Waals surface area contributed by atoms with Crippen molar-refractivity contribution in [3.63, 3.8) is 0 Å². The minimum atomic E-state index is -1.04. The zero-order valence-electron chi connectivity index (χ0n) is 16.6. The van der Waals surface area contributed by atoms with Crippen LogP contribution < -0.4 is 5.76 Å². The number of carbonyl (C=O) groups is 1. The van der Waals surface area contributed by atoms with Gasteiger partial charge in [0.1, 0.15) is 12.1 Å². The first-order valence-corrected chi connectivity index (χ1v) is 9.70. The number of likely N-dealkylation sites (N-methyl/N-ethyl adjacent to an activating group) is 1. The van der Waals surface area contributed by atoms with Gasteiger partial charge < -0.3 is 19.3 Å². The number of benzene rings is 2. The fourth-order valence-electron chi connectivity index (χ4n) is 4.20. The van der Waals surface area contributed by atoms with Crippen molar-refractivity contribution in [1.29, 1.82) is 0 Å². The summed E-state index contributed by atoms with van der Waals surface area (Å²) >= 11 is 0. The monoisotopic (exact) mass is 395 g/mol. The number of oxazole rings is 1. The summed E-state index contributed by atoms with van der Waals surface area (Å²) < 4.78 is 6.59. The van der Waals surface area contributed by atoms with Crippen LogP contribution in [0, 0.1) is 0 Å². The predicted molar refractivity (Wildman–Crippen MR) is 109 cm³/mol. The summed E-state index contributed by atoms with van der Waals surface area (Å²) in [6.07, 6.45) is 0.423. The third-order valence-electron chi connectivity index (χ3n) is 5.82. The Morgan fingerprint density at radius 1 is 1.17 bits per heavy atom. The molecule has 1 saturated heterocycles. The molecule has 1 amide bonds. The summed E-state index contributed by atoms with van der Waals surface area (Å²) in [6, 6.07) is 16.4. The fourth-order valence-corrected chi connectivity index (χ4v) is 4.20. The molecule has 152 valence electrons. The highest BCUT2D eigenvalue weighted by molar-refractivity contribution is 5.79. The Balaban J connectivity index is 1.57. The third-order valence-corrected chi connectivity index (χ3v) is 5.82. The molecule has 0 unspecified atom stereocenters. The van der Waals surface area contributed by atoms with E-state index in [4.69, 9.17) is 4.42 Å². The molecule has 1 aliphatic rings. The van der Waals surface area contributed by atoms with E-state index in [2.05, 4.69) is 0 Å². The summed E-state index contributed by atoms with van der Waals surface area (Å²) in [4.78, 5) is 28.9. The summed E-state index contributed by atoms with van der Waals surface area (Å²) in [7, 11) is 3.81. The molecule has 2 aromatic carbocycles. The first kappa shape index (κ1) is 19.4. The second-order valence-electron chi connectivity index (χ2n) is 7.78. The lowest BCUT2D eigenvalue weighted by molar-refractivity contribution is -0.142. The standard InChI is InChI=1S/C22H25N3O4/c1-23(2)19-14-24(13-12-22(19,28)16-8-4-3-5-9-16)20(26)15-25-17-10-6-7-11-18(17)29-21(25)27/h3-11,19,28H,12-15H2,1-2H3/t19-,22+/m1/s1. The van der Waals surface area contributed by atoms with Crippen LogP contribution in [-0.2, 0) is 16.9 Å². The van der Waals surface area contributed by atoms with Crippen molar-refractivity contribution < 1.29 is 14.3 Å². The number of amides is 1. The van der Waals surface area contributed by atoms with Gasteiger partial charge in [-0.2, -0.15) is 0 Å². The number of piperidine rings is 1. The number of aliphatic hydroxyl groups is 1. The molecule has 1 aliphatic heterocycles. The van der Waals surface area contributed by atoms with Gasteiger partial charge in [0.25, 0.3) is 0 Å². The molecular weight excluding hydrogens is 370 g/mol. The van der Waals surface area contributed by atoms with E-state index >= 15 is 0 Å². The van der Waals surface area contributed by atoms with Crippen molar-refractivity contribution >= 4 is 17.0 Å². The molecule has 4 rings (SSSR count). The number of hydrogen-bond donors (Lipinski definition) is 1. The van der Waals surface area contributed by atoms with E-state index in [-0.39, 0.29) is 18.5 Å². The molecule has 7 heteroatoms. The Labute approximate surface area is 168 Å². The van der Waals surface area contributed by atoms with Gasteiger partial charge in [0.05, 0.1) is 11.6 Å². The van der Waals surface area contributed by atoms with Crippen molar-refractivity contribution in [3.05, 3.63) is 70.7 Å². The molecule has 2 heterocycles. The Morgan fingerprint density at radius 2 is 1.86 bits per heavy atom. The van der Waals surface area contributed by atoms with Crippen LogP contribution in [0.3, 0.4) is 0 Å². The van der Waals surface area contributed by atoms with Gasteiger partial charge in [-0.15, -0.1) is 0 Å². The maximum Gasteiger partial charge on any atom is 0.420 e. The lowest BCUT2D eigenvalue weighted by Gasteiger charge is -2.47. The number of fused-ring (bicyclic) bond motifs is 1. The van der Waals surface area contributed by atoms with Gasteiger partial charge >= 0.3 is 5.76 Å². The third kappa shape index (κ3) is 3.47. The Bertz CT molecular complexity index is 1070. The maximum atomic E-state index is 13.0. The number of carbonyl (C=O) groups excluding carboxylic acids is 1. The van der Waals surface area contributed by atoms with Crippen LogP contribution >= 0.6 is 0 Å². The van der Waals surface area contributed by atoms with Crippen molar-refractivity contribution in [2.75, 3.05) is 27.2 Å². The van der Waals surface area contributed by atoms with E-state index < -0.39 is 11.4 Å². The number of para-hydroxylation sites is 2. The topological polar surface area (TPSA) is 78.9 Å². The number of aromatic nitrogens is 1. The average molecular weight is 395 g/mol. The SMILES string of the molecule is CN(C)[C@@H]1CN(C(=O)Cn2c(=O)oc3ccccc32)CC[C@]1(O)c1ccccc1. The molecule has 1 fully saturated rings. The molecule has 0 aliphatic carbocycles. The van der Waals surface area contributed by atoms with Crippen LogP contribution in [0.25, 0.3) is 11.1 Å². The van der Waals surface area contributed by atoms with Gasteiger partial charge in [0.2, 0.25) is 5.91 Å². The normalized spacial score (nSPS) is 22.3. The number of hydrogen-bond acceptors (Lipinski definition) is 5. The number of nitrogens with zero attached hydrogens (tertiary/aromatic N) is 3. The Morgan fingerprint density at radius 3 is 2.59 bits per heavy atom. The zero-order chi connectivity index (χ0) is 20.6. The Hall–Kier alpha value is -2.90. The van der Waals surface area contributed by atoms with Crippen LogP contribution in [-0.4, -0.2) is 58.6 Å². The van der Waals surface area contributed by atoms with E-state index in [9.17, 15) is 14.7 Å². The van der Waals surface area contributed by atoms with Gasteiger partial charge in [-0.25, -0.2) is 4.79 Å². The molecule has 0 radical (unpaired) electrons. The van der Waals surface area contributed by atoms with E-state index in [0.29, 0.717) is 30.6 Å². The Kier molecular flexibility index (Phi) is 5.02. The van der Waals surface area contributed by atoms with Crippen LogP contribution in [0.5, 0.6) is 0 Å². The van der Waals surface area contributed by atoms with Crippen LogP contribution in [0.1, 0.15) is 12.0 Å². The van der Waals surface area contributed by atoms with E-state index in [0.717, 1.165) is 5.56 Å². The summed E-state index contributed by atoms with van der Waals surface area (Å²) in [6.45, 7) is 0.709. The minimum absolute atomic E-state index is 0.0836. The summed E-state index contributed by atoms with van der Waals surface area (Å²) in [5, 5.41) is 11.5. The molecule has 0 saturated carbocycles. The second kappa shape index (κ2) is 7.50. The largest absolute Gasteiger partial charge is 0.420 e. The van der Waals surface area contributed by atoms with Crippen molar-refractivity contribution in [2.24, 2.45) is 0 Å². The number of rotatable bonds is 4. The molecule has 0 bridgehead atoms. The molecule has 0 spiro atoms. The average Bonchev–Trinajstić information content (AvgIpc) is 3.04. The molecular formula is C22H25N3O4. The van der Waals surface area contributed by atoms with Crippen LogP contribution in [0.15, 0.2) is 63.8 Å². The highest BCUT2D eigenvalue weighted by Gasteiger charge is 2.45. The van der Waals surface area contributed by atoms with Crippen molar-refractivity contribution in [2.45, 2.75) is 24.6 Å². The fraction of sp³-hybridized carbons (Fsp3) is 0.364. The highest BCUT2D eigenvalue weighted by Crippen LogP contribution is 2.35. The zero-order valence-corrected chi connectivity index (χ0v) is 16.6. The van der Waals surface area contributed by atoms with Gasteiger partial charge in [0, 0.05) is 13.1 Å². The molecule has 1 N–H and O–H groups in total. The quantitative estimate of drug-likeness (QED) is 0.727. The van der Waals surface area contributed by atoms with Gasteiger partial charge in [-0.1, -0.05) is 42.5 Å². The first-order chi connectivity index (χ1) is 13.9. The lowest BCUT2D eigenvalue weighted by Crippen LogP contribution is -2.60. The van der Waals surface area contributed by atoms with Gasteiger partial charge in [-0.05, 0) is 38.2 Å². The van der Waals surface area contributed by atoms with Crippen molar-refractivity contribution in [1.82, 2.24) is 14.4 Å². The summed E-state index contributed by atoms with van der Waals surface area (Å²) in [5.74, 6) is -0.706. The molecule has 2 atom stereocenters. The van der Waals surface area contributed by atoms with Crippen LogP contribution in [0.4, 0.5) is 0 Å². The second-order valence-corrected chi connectivity index (χ2v) is 7.78. The van der Waals surface area contributed by atoms with Crippen LogP contribution in [0.2, 0.25) is 0 Å². The molecule has 7 nitrogen and oxygen atoms in total. The first-order valence-electron chi connectivity index (χ1n) is 9.70. The van der Waals surface area contributed by atoms with Gasteiger partial charge in [-0.3, -0.25) is 9.36 Å². The van der Waals surface area contributed by atoms with E-state index in [1.165, 1.54) is 4.57 Å². The lowest BCUT2D eigenvalue weighted by atomic mass is 9.80. The summed E-state index contributed by atoms with van der Waals surface area (Å²) in [5.41, 5.74) is 0.880. The van der Waals surface area contributed by atoms with E-state index in [1.807, 2.05) is 49.3 Å². The minimum Gasteiger partial charge on any atom is -0.408 e. The number of likely N-dealkylation sites (tertiary alicyclic amines) is 1. The molecule has 1 aromatic heterocycles.